The van der Waals surface area contributed by atoms with Crippen LogP contribution in [0.3, 0.4) is 0 Å². The number of fused-ring (bicyclic) bond motifs is 1. The molecule has 0 spiro atoms. The van der Waals surface area contributed by atoms with E-state index < -0.39 is 0 Å². The fourth-order valence-electron chi connectivity index (χ4n) is 3.42. The zero-order valence-corrected chi connectivity index (χ0v) is 20.3. The molecule has 0 aliphatic rings. The van der Waals surface area contributed by atoms with Crippen LogP contribution < -0.4 is 10.9 Å². The molecule has 0 aliphatic heterocycles. The topological polar surface area (TPSA) is 94.2 Å². The Bertz CT molecular complexity index is 1430. The van der Waals surface area contributed by atoms with E-state index in [1.165, 1.54) is 11.8 Å². The van der Waals surface area contributed by atoms with Crippen molar-refractivity contribution in [3.8, 4) is 0 Å². The van der Waals surface area contributed by atoms with Gasteiger partial charge in [-0.15, -0.1) is 10.2 Å². The summed E-state index contributed by atoms with van der Waals surface area (Å²) in [5, 5.41) is 12.3. The van der Waals surface area contributed by atoms with Crippen molar-refractivity contribution < 1.29 is 4.79 Å². The van der Waals surface area contributed by atoms with Gasteiger partial charge in [-0.25, -0.2) is 4.98 Å². The number of aryl methyl sites for hydroxylation is 3. The first-order valence-corrected chi connectivity index (χ1v) is 11.6. The van der Waals surface area contributed by atoms with E-state index in [4.69, 9.17) is 11.6 Å². The van der Waals surface area contributed by atoms with Gasteiger partial charge in [0, 0.05) is 30.9 Å². The van der Waals surface area contributed by atoms with Gasteiger partial charge in [-0.3, -0.25) is 14.0 Å². The first-order valence-electron chi connectivity index (χ1n) is 10.3. The lowest BCUT2D eigenvalue weighted by atomic mass is 10.1. The van der Waals surface area contributed by atoms with Crippen LogP contribution in [0.15, 0.2) is 46.5 Å². The number of thioether (sulfide) groups is 1. The molecular weight excluding hydrogens is 460 g/mol. The summed E-state index contributed by atoms with van der Waals surface area (Å²) in [5.74, 6) is 0.571. The standard InChI is InChI=1S/C23H23ClN6O2S/c1-13-5-7-18(17(24)9-13)26-21(31)12-33-23-28-27-20(29(23)4)10-16-15(3)25-19-8-6-14(2)11-30(19)22(16)32/h5-9,11H,10,12H2,1-4H3,(H,26,31). The molecule has 0 saturated carbocycles. The number of aromatic nitrogens is 5. The summed E-state index contributed by atoms with van der Waals surface area (Å²) in [5.41, 5.74) is 4.29. The normalized spacial score (nSPS) is 11.2. The number of benzene rings is 1. The van der Waals surface area contributed by atoms with Crippen LogP contribution in [-0.2, 0) is 18.3 Å². The van der Waals surface area contributed by atoms with Gasteiger partial charge in [0.15, 0.2) is 5.16 Å². The summed E-state index contributed by atoms with van der Waals surface area (Å²) >= 11 is 7.45. The average molecular weight is 483 g/mol. The number of halogens is 1. The summed E-state index contributed by atoms with van der Waals surface area (Å²) in [6.07, 6.45) is 2.08. The number of anilines is 1. The average Bonchev–Trinajstić information content (AvgIpc) is 3.11. The third kappa shape index (κ3) is 4.94. The number of rotatable bonds is 6. The van der Waals surface area contributed by atoms with E-state index >= 15 is 0 Å². The zero-order chi connectivity index (χ0) is 23.7. The van der Waals surface area contributed by atoms with Crippen molar-refractivity contribution in [1.29, 1.82) is 0 Å². The summed E-state index contributed by atoms with van der Waals surface area (Å²) < 4.78 is 3.35. The van der Waals surface area contributed by atoms with Crippen LogP contribution in [-0.4, -0.2) is 35.8 Å². The molecule has 0 bridgehead atoms. The minimum absolute atomic E-state index is 0.118. The highest BCUT2D eigenvalue weighted by molar-refractivity contribution is 7.99. The van der Waals surface area contributed by atoms with Gasteiger partial charge in [-0.05, 0) is 50.1 Å². The molecule has 0 fully saturated rings. The SMILES string of the molecule is Cc1ccc(NC(=O)CSc2nnc(Cc3c(C)nc4ccc(C)cn4c3=O)n2C)c(Cl)c1. The molecule has 10 heteroatoms. The third-order valence-electron chi connectivity index (χ3n) is 5.26. The fraction of sp³-hybridized carbons (Fsp3) is 0.261. The summed E-state index contributed by atoms with van der Waals surface area (Å²) in [6, 6.07) is 9.22. The van der Waals surface area contributed by atoms with Crippen molar-refractivity contribution in [2.75, 3.05) is 11.1 Å². The summed E-state index contributed by atoms with van der Waals surface area (Å²) in [7, 11) is 1.82. The predicted octanol–water partition coefficient (Wildman–Crippen LogP) is 3.72. The Balaban J connectivity index is 1.48. The molecule has 3 aromatic heterocycles. The number of amides is 1. The van der Waals surface area contributed by atoms with Crippen molar-refractivity contribution in [3.63, 3.8) is 0 Å². The van der Waals surface area contributed by atoms with Crippen LogP contribution in [0.25, 0.3) is 5.65 Å². The van der Waals surface area contributed by atoms with Crippen LogP contribution >= 0.6 is 23.4 Å². The minimum Gasteiger partial charge on any atom is -0.324 e. The first kappa shape index (κ1) is 23.0. The maximum atomic E-state index is 13.1. The summed E-state index contributed by atoms with van der Waals surface area (Å²) in [4.78, 5) is 30.0. The third-order valence-corrected chi connectivity index (χ3v) is 6.59. The molecule has 0 radical (unpaired) electrons. The second-order valence-electron chi connectivity index (χ2n) is 7.87. The van der Waals surface area contributed by atoms with Gasteiger partial charge >= 0.3 is 0 Å². The predicted molar refractivity (Wildman–Crippen MR) is 130 cm³/mol. The van der Waals surface area contributed by atoms with E-state index in [1.54, 1.807) is 27.3 Å². The number of pyridine rings is 1. The van der Waals surface area contributed by atoms with Crippen LogP contribution in [0, 0.1) is 20.8 Å². The van der Waals surface area contributed by atoms with Gasteiger partial charge in [-0.1, -0.05) is 35.5 Å². The van der Waals surface area contributed by atoms with Crippen molar-refractivity contribution in [2.24, 2.45) is 7.05 Å². The Morgan fingerprint density at radius 2 is 1.88 bits per heavy atom. The minimum atomic E-state index is -0.196. The quantitative estimate of drug-likeness (QED) is 0.421. The molecule has 8 nitrogen and oxygen atoms in total. The van der Waals surface area contributed by atoms with E-state index in [-0.39, 0.29) is 17.2 Å². The number of hydrogen-bond donors (Lipinski definition) is 1. The molecule has 0 aliphatic carbocycles. The Kier molecular flexibility index (Phi) is 6.53. The largest absolute Gasteiger partial charge is 0.324 e. The Morgan fingerprint density at radius 3 is 2.64 bits per heavy atom. The van der Waals surface area contributed by atoms with E-state index in [1.807, 2.05) is 46.0 Å². The van der Waals surface area contributed by atoms with Gasteiger partial charge in [0.1, 0.15) is 11.5 Å². The van der Waals surface area contributed by atoms with Gasteiger partial charge in [0.05, 0.1) is 16.5 Å². The van der Waals surface area contributed by atoms with Gasteiger partial charge in [0.25, 0.3) is 5.56 Å². The van der Waals surface area contributed by atoms with Gasteiger partial charge in [0.2, 0.25) is 5.91 Å². The second-order valence-corrected chi connectivity index (χ2v) is 9.22. The Hall–Kier alpha value is -3.17. The number of nitrogens with one attached hydrogen (secondary N) is 1. The fourth-order valence-corrected chi connectivity index (χ4v) is 4.43. The lowest BCUT2D eigenvalue weighted by Crippen LogP contribution is -2.22. The molecule has 170 valence electrons. The number of nitrogens with zero attached hydrogens (tertiary/aromatic N) is 5. The maximum absolute atomic E-state index is 13.1. The smallest absolute Gasteiger partial charge is 0.261 e. The molecule has 0 saturated heterocycles. The molecule has 1 amide bonds. The highest BCUT2D eigenvalue weighted by atomic mass is 35.5. The Labute approximate surface area is 200 Å². The first-order chi connectivity index (χ1) is 15.7. The molecule has 1 N–H and O–H groups in total. The molecule has 3 heterocycles. The highest BCUT2D eigenvalue weighted by Gasteiger charge is 2.17. The van der Waals surface area contributed by atoms with Crippen molar-refractivity contribution in [3.05, 3.63) is 80.1 Å². The van der Waals surface area contributed by atoms with Crippen LogP contribution in [0.4, 0.5) is 5.69 Å². The van der Waals surface area contributed by atoms with Gasteiger partial charge < -0.3 is 9.88 Å². The van der Waals surface area contributed by atoms with E-state index in [9.17, 15) is 9.59 Å². The van der Waals surface area contributed by atoms with Crippen molar-refractivity contribution in [1.82, 2.24) is 24.1 Å². The number of carbonyl (C=O) groups excluding carboxylic acids is 1. The van der Waals surface area contributed by atoms with Crippen LogP contribution in [0.1, 0.15) is 28.2 Å². The molecule has 1 aromatic carbocycles. The molecule has 0 unspecified atom stereocenters. The lowest BCUT2D eigenvalue weighted by molar-refractivity contribution is -0.113. The Morgan fingerprint density at radius 1 is 1.12 bits per heavy atom. The molecule has 33 heavy (non-hydrogen) atoms. The summed E-state index contributed by atoms with van der Waals surface area (Å²) in [6.45, 7) is 5.69. The maximum Gasteiger partial charge on any atom is 0.261 e. The monoisotopic (exact) mass is 482 g/mol. The zero-order valence-electron chi connectivity index (χ0n) is 18.7. The lowest BCUT2D eigenvalue weighted by Gasteiger charge is -2.09. The second kappa shape index (κ2) is 9.36. The highest BCUT2D eigenvalue weighted by Crippen LogP contribution is 2.24. The van der Waals surface area contributed by atoms with E-state index in [0.29, 0.717) is 45.0 Å². The molecule has 4 rings (SSSR count). The van der Waals surface area contributed by atoms with Crippen LogP contribution in [0.5, 0.6) is 0 Å². The van der Waals surface area contributed by atoms with E-state index in [0.717, 1.165) is 11.1 Å². The van der Waals surface area contributed by atoms with Crippen molar-refractivity contribution >= 4 is 40.6 Å². The molecule has 4 aromatic rings. The van der Waals surface area contributed by atoms with E-state index in [2.05, 4.69) is 20.5 Å². The van der Waals surface area contributed by atoms with Crippen LogP contribution in [0.2, 0.25) is 5.02 Å². The van der Waals surface area contributed by atoms with Crippen molar-refractivity contribution in [2.45, 2.75) is 32.3 Å². The number of carbonyl (C=O) groups is 1. The molecule has 0 atom stereocenters. The number of hydrogen-bond acceptors (Lipinski definition) is 6. The van der Waals surface area contributed by atoms with Gasteiger partial charge in [-0.2, -0.15) is 0 Å². The molecular formula is C23H23ClN6O2S.